The van der Waals surface area contributed by atoms with Crippen LogP contribution in [0, 0.1) is 0 Å². The first-order chi connectivity index (χ1) is 9.16. The molecular weight excluding hydrogens is 240 g/mol. The zero-order chi connectivity index (χ0) is 13.4. The van der Waals surface area contributed by atoms with Gasteiger partial charge in [0.05, 0.1) is 5.56 Å². The second-order valence-corrected chi connectivity index (χ2v) is 4.36. The van der Waals surface area contributed by atoms with E-state index in [2.05, 4.69) is 0 Å². The van der Waals surface area contributed by atoms with Gasteiger partial charge in [-0.3, -0.25) is 4.79 Å². The summed E-state index contributed by atoms with van der Waals surface area (Å²) >= 11 is 0. The SMILES string of the molecule is O=C(O)c1ccc2c(=O)c3ccccc3ccc2c1. The molecule has 0 spiro atoms. The molecule has 0 saturated heterocycles. The average Bonchev–Trinajstić information content (AvgIpc) is 2.57. The van der Waals surface area contributed by atoms with E-state index in [4.69, 9.17) is 5.11 Å². The van der Waals surface area contributed by atoms with Crippen molar-refractivity contribution in [1.82, 2.24) is 0 Å². The molecule has 0 bridgehead atoms. The highest BCUT2D eigenvalue weighted by Gasteiger charge is 2.06. The molecule has 92 valence electrons. The van der Waals surface area contributed by atoms with Crippen LogP contribution < -0.4 is 5.43 Å². The maximum absolute atomic E-state index is 12.4. The number of carboxylic acids is 1. The third-order valence-electron chi connectivity index (χ3n) is 3.19. The first-order valence-corrected chi connectivity index (χ1v) is 5.86. The lowest BCUT2D eigenvalue weighted by molar-refractivity contribution is 0.0697. The molecule has 19 heavy (non-hydrogen) atoms. The third-order valence-corrected chi connectivity index (χ3v) is 3.19. The highest BCUT2D eigenvalue weighted by molar-refractivity contribution is 5.97. The van der Waals surface area contributed by atoms with Crippen LogP contribution in [0.25, 0.3) is 21.5 Å². The largest absolute Gasteiger partial charge is 0.478 e. The zero-order valence-electron chi connectivity index (χ0n) is 9.96. The average molecular weight is 250 g/mol. The van der Waals surface area contributed by atoms with E-state index in [0.29, 0.717) is 16.2 Å². The zero-order valence-corrected chi connectivity index (χ0v) is 9.96. The summed E-state index contributed by atoms with van der Waals surface area (Å²) in [6.07, 6.45) is 0. The van der Waals surface area contributed by atoms with Gasteiger partial charge in [0.1, 0.15) is 0 Å². The van der Waals surface area contributed by atoms with Gasteiger partial charge < -0.3 is 5.11 Å². The minimum absolute atomic E-state index is 0.0764. The molecular formula is C16H10O3. The topological polar surface area (TPSA) is 54.4 Å². The molecule has 0 amide bonds. The Balaban J connectivity index is 2.51. The maximum atomic E-state index is 12.4. The van der Waals surface area contributed by atoms with Crippen LogP contribution in [0.5, 0.6) is 0 Å². The lowest BCUT2D eigenvalue weighted by atomic mass is 10.1. The summed E-state index contributed by atoms with van der Waals surface area (Å²) in [5.74, 6) is -0.995. The van der Waals surface area contributed by atoms with E-state index in [1.165, 1.54) is 12.1 Å². The quantitative estimate of drug-likeness (QED) is 0.722. The van der Waals surface area contributed by atoms with Crippen molar-refractivity contribution in [2.24, 2.45) is 0 Å². The third kappa shape index (κ3) is 1.85. The molecule has 3 aromatic carbocycles. The summed E-state index contributed by atoms with van der Waals surface area (Å²) in [5.41, 5.74) is 0.106. The lowest BCUT2D eigenvalue weighted by Gasteiger charge is -1.95. The Hall–Kier alpha value is -2.68. The molecule has 3 heteroatoms. The van der Waals surface area contributed by atoms with Crippen molar-refractivity contribution < 1.29 is 9.90 Å². The first kappa shape index (κ1) is 11.4. The van der Waals surface area contributed by atoms with E-state index in [-0.39, 0.29) is 11.0 Å². The summed E-state index contributed by atoms with van der Waals surface area (Å²) < 4.78 is 0. The number of carbonyl (C=O) groups is 1. The van der Waals surface area contributed by atoms with E-state index in [9.17, 15) is 9.59 Å². The van der Waals surface area contributed by atoms with Crippen LogP contribution in [-0.2, 0) is 0 Å². The summed E-state index contributed by atoms with van der Waals surface area (Å²) in [5, 5.41) is 11.6. The van der Waals surface area contributed by atoms with Gasteiger partial charge in [0.25, 0.3) is 0 Å². The molecule has 0 fully saturated rings. The minimum Gasteiger partial charge on any atom is -0.478 e. The molecule has 3 rings (SSSR count). The highest BCUT2D eigenvalue weighted by Crippen LogP contribution is 2.16. The Kier molecular flexibility index (Phi) is 2.53. The Morgan fingerprint density at radius 3 is 2.32 bits per heavy atom. The normalized spacial score (nSPS) is 10.7. The van der Waals surface area contributed by atoms with Crippen LogP contribution in [0.2, 0.25) is 0 Å². The van der Waals surface area contributed by atoms with E-state index in [1.807, 2.05) is 24.3 Å². The Morgan fingerprint density at radius 1 is 0.842 bits per heavy atom. The molecule has 0 aromatic heterocycles. The molecule has 0 saturated carbocycles. The molecule has 0 aliphatic rings. The number of aromatic carboxylic acids is 1. The van der Waals surface area contributed by atoms with Crippen molar-refractivity contribution in [2.45, 2.75) is 0 Å². The molecule has 0 atom stereocenters. The van der Waals surface area contributed by atoms with Gasteiger partial charge in [-0.2, -0.15) is 0 Å². The fourth-order valence-electron chi connectivity index (χ4n) is 2.21. The van der Waals surface area contributed by atoms with Gasteiger partial charge in [-0.05, 0) is 29.0 Å². The van der Waals surface area contributed by atoms with Crippen molar-refractivity contribution in [2.75, 3.05) is 0 Å². The van der Waals surface area contributed by atoms with Crippen molar-refractivity contribution in [3.8, 4) is 0 Å². The van der Waals surface area contributed by atoms with Gasteiger partial charge in [-0.1, -0.05) is 36.4 Å². The molecule has 0 aliphatic heterocycles. The summed E-state index contributed by atoms with van der Waals surface area (Å²) in [6.45, 7) is 0. The number of carboxylic acid groups (broad SMARTS) is 1. The van der Waals surface area contributed by atoms with Crippen LogP contribution in [-0.4, -0.2) is 11.1 Å². The van der Waals surface area contributed by atoms with Crippen LogP contribution in [0.1, 0.15) is 10.4 Å². The van der Waals surface area contributed by atoms with Gasteiger partial charge >= 0.3 is 5.97 Å². The maximum Gasteiger partial charge on any atom is 0.335 e. The van der Waals surface area contributed by atoms with Crippen LogP contribution in [0.4, 0.5) is 0 Å². The smallest absolute Gasteiger partial charge is 0.335 e. The van der Waals surface area contributed by atoms with E-state index < -0.39 is 5.97 Å². The standard InChI is InChI=1S/C16H10O3/c17-15-13-4-2-1-3-10(13)5-6-11-9-12(16(18)19)7-8-14(11)15/h1-9H,(H,18,19). The number of hydrogen-bond acceptors (Lipinski definition) is 2. The van der Waals surface area contributed by atoms with E-state index in [1.54, 1.807) is 18.2 Å². The van der Waals surface area contributed by atoms with Gasteiger partial charge in [-0.25, -0.2) is 4.79 Å². The Morgan fingerprint density at radius 2 is 1.53 bits per heavy atom. The number of fused-ring (bicyclic) bond motifs is 2. The summed E-state index contributed by atoms with van der Waals surface area (Å²) in [6, 6.07) is 15.5. The van der Waals surface area contributed by atoms with Gasteiger partial charge in [0.15, 0.2) is 5.43 Å². The second kappa shape index (κ2) is 4.21. The van der Waals surface area contributed by atoms with Crippen molar-refractivity contribution >= 4 is 27.5 Å². The van der Waals surface area contributed by atoms with Crippen LogP contribution >= 0.6 is 0 Å². The minimum atomic E-state index is -0.995. The molecule has 0 radical (unpaired) electrons. The summed E-state index contributed by atoms with van der Waals surface area (Å²) in [4.78, 5) is 23.4. The van der Waals surface area contributed by atoms with Crippen molar-refractivity contribution in [3.63, 3.8) is 0 Å². The summed E-state index contributed by atoms with van der Waals surface area (Å²) in [7, 11) is 0. The van der Waals surface area contributed by atoms with E-state index >= 15 is 0 Å². The number of hydrogen-bond donors (Lipinski definition) is 1. The lowest BCUT2D eigenvalue weighted by Crippen LogP contribution is -2.00. The van der Waals surface area contributed by atoms with Gasteiger partial charge in [0.2, 0.25) is 0 Å². The number of rotatable bonds is 1. The van der Waals surface area contributed by atoms with Gasteiger partial charge in [0, 0.05) is 10.8 Å². The molecule has 3 aromatic rings. The van der Waals surface area contributed by atoms with E-state index in [0.717, 1.165) is 5.39 Å². The fourth-order valence-corrected chi connectivity index (χ4v) is 2.21. The molecule has 3 nitrogen and oxygen atoms in total. The predicted octanol–water partition coefficient (Wildman–Crippen LogP) is 3.05. The van der Waals surface area contributed by atoms with Crippen LogP contribution in [0.3, 0.4) is 0 Å². The van der Waals surface area contributed by atoms with Crippen LogP contribution in [0.15, 0.2) is 59.4 Å². The molecule has 0 aliphatic carbocycles. The molecule has 0 unspecified atom stereocenters. The van der Waals surface area contributed by atoms with Gasteiger partial charge in [-0.15, -0.1) is 0 Å². The highest BCUT2D eigenvalue weighted by atomic mass is 16.4. The van der Waals surface area contributed by atoms with Crippen molar-refractivity contribution in [3.05, 3.63) is 70.4 Å². The number of benzene rings is 2. The fraction of sp³-hybridized carbons (Fsp3) is 0. The first-order valence-electron chi connectivity index (χ1n) is 5.86. The molecule has 1 N–H and O–H groups in total. The molecule has 0 heterocycles. The Labute approximate surface area is 108 Å². The van der Waals surface area contributed by atoms with Crippen molar-refractivity contribution in [1.29, 1.82) is 0 Å². The monoisotopic (exact) mass is 250 g/mol. The second-order valence-electron chi connectivity index (χ2n) is 4.36. The predicted molar refractivity (Wildman–Crippen MR) is 74.7 cm³/mol. The Bertz CT molecular complexity index is 866.